The summed E-state index contributed by atoms with van der Waals surface area (Å²) in [5, 5.41) is 19.2. The molecule has 2 saturated carbocycles. The Hall–Kier alpha value is -6.72. The minimum atomic E-state index is -1.88. The van der Waals surface area contributed by atoms with Crippen LogP contribution in [0.3, 0.4) is 0 Å². The van der Waals surface area contributed by atoms with Gasteiger partial charge in [0.1, 0.15) is 30.9 Å². The fourth-order valence-corrected chi connectivity index (χ4v) is 9.25. The molecule has 0 unspecified atom stereocenters. The number of carboxylic acids is 1. The number of hydrogen-bond donors (Lipinski definition) is 5. The summed E-state index contributed by atoms with van der Waals surface area (Å²) in [5.41, 5.74) is -0.931. The predicted molar refractivity (Wildman–Crippen MR) is 280 cm³/mol. The van der Waals surface area contributed by atoms with Gasteiger partial charge in [-0.2, -0.15) is 44.6 Å². The van der Waals surface area contributed by atoms with E-state index >= 15 is 0 Å². The molecule has 4 fully saturated rings. The number of carbonyl (C=O) groups is 10. The number of amides is 6. The van der Waals surface area contributed by atoms with Crippen LogP contribution in [0.25, 0.3) is 0 Å². The number of aliphatic carboxylic acids is 1. The molecule has 2 saturated heterocycles. The number of esters is 1. The van der Waals surface area contributed by atoms with Crippen LogP contribution in [0.5, 0.6) is 11.5 Å². The first kappa shape index (κ1) is 69.5. The summed E-state index contributed by atoms with van der Waals surface area (Å²) in [7, 11) is 0. The van der Waals surface area contributed by atoms with Gasteiger partial charge in [-0.3, -0.25) is 47.9 Å². The van der Waals surface area contributed by atoms with Crippen LogP contribution in [0.4, 0.5) is 35.1 Å². The van der Waals surface area contributed by atoms with Crippen molar-refractivity contribution >= 4 is 85.9 Å². The third-order valence-corrected chi connectivity index (χ3v) is 13.5. The van der Waals surface area contributed by atoms with Crippen molar-refractivity contribution in [3.8, 4) is 11.5 Å². The monoisotopic (exact) mass is 1210 g/mol. The zero-order chi connectivity index (χ0) is 59.2. The van der Waals surface area contributed by atoms with Gasteiger partial charge >= 0.3 is 35.6 Å². The Morgan fingerprint density at radius 2 is 0.854 bits per heavy atom. The maximum absolute atomic E-state index is 14.0. The number of piperidine rings is 2. The number of halogens is 8. The largest absolute Gasteiger partial charge is 0.481 e. The third kappa shape index (κ3) is 20.0. The van der Waals surface area contributed by atoms with E-state index in [2.05, 4.69) is 26.0 Å². The molecule has 2 aromatic rings. The summed E-state index contributed by atoms with van der Waals surface area (Å²) in [6, 6.07) is -3.36. The van der Waals surface area contributed by atoms with E-state index < -0.39 is 173 Å². The Balaban J connectivity index is 0.000000422. The average Bonchev–Trinajstić information content (AvgIpc) is 4.14. The molecule has 4 aliphatic rings. The maximum Gasteiger partial charge on any atom is 0.311 e. The molecule has 456 valence electrons. The van der Waals surface area contributed by atoms with E-state index in [-0.39, 0.29) is 103 Å². The van der Waals surface area contributed by atoms with E-state index in [4.69, 9.17) is 14.6 Å². The van der Waals surface area contributed by atoms with Gasteiger partial charge in [0, 0.05) is 62.2 Å². The Bertz CT molecular complexity index is 2630. The number of ketones is 2. The first-order valence-corrected chi connectivity index (χ1v) is 25.8. The Kier molecular flexibility index (Phi) is 26.8. The highest BCUT2D eigenvalue weighted by Gasteiger charge is 2.37. The molecule has 0 aromatic heterocycles. The number of hydrogen-bond acceptors (Lipinski definition) is 13. The number of rotatable bonds is 18. The summed E-state index contributed by atoms with van der Waals surface area (Å²) < 4.78 is 124. The van der Waals surface area contributed by atoms with Gasteiger partial charge in [-0.15, -0.1) is 0 Å². The number of nitrogens with zero attached hydrogens (tertiary/aromatic N) is 2. The van der Waals surface area contributed by atoms with Crippen molar-refractivity contribution in [3.05, 3.63) is 58.7 Å². The molecular weight excluding hydrogens is 1150 g/mol. The van der Waals surface area contributed by atoms with Crippen molar-refractivity contribution in [1.82, 2.24) is 31.1 Å². The van der Waals surface area contributed by atoms with Crippen molar-refractivity contribution in [1.29, 1.82) is 0 Å². The molecule has 82 heavy (non-hydrogen) atoms. The zero-order valence-corrected chi connectivity index (χ0v) is 46.9. The normalized spacial score (nSPS) is 16.6. The second-order valence-corrected chi connectivity index (χ2v) is 20.7. The molecule has 2 heterocycles. The fourth-order valence-electron chi connectivity index (χ4n) is 9.25. The molecule has 20 nitrogen and oxygen atoms in total. The lowest BCUT2D eigenvalue weighted by Gasteiger charge is -2.32. The third-order valence-electron chi connectivity index (χ3n) is 13.5. The highest BCUT2D eigenvalue weighted by molar-refractivity contribution is 7.59. The number of Topliss-reactive ketones (excluding diaryl/α,β-unsaturated/α-hetero) is 2. The molecular formula is C52H66F8N6O14S2. The van der Waals surface area contributed by atoms with E-state index in [9.17, 15) is 83.1 Å². The second kappa shape index (κ2) is 31.6. The summed E-state index contributed by atoms with van der Waals surface area (Å²) >= 11 is 0. The van der Waals surface area contributed by atoms with E-state index in [1.807, 2.05) is 0 Å². The molecule has 6 rings (SSSR count). The number of carboxylic acid groups (broad SMARTS) is 1. The van der Waals surface area contributed by atoms with E-state index in [1.54, 1.807) is 20.8 Å². The van der Waals surface area contributed by atoms with Crippen LogP contribution in [0, 0.1) is 58.4 Å². The summed E-state index contributed by atoms with van der Waals surface area (Å²) in [5.74, 6) is -27.5. The number of ether oxygens (including phenoxy) is 3. The molecule has 0 bridgehead atoms. The molecule has 5 N–H and O–H groups in total. The smallest absolute Gasteiger partial charge is 0.311 e. The molecule has 2 aliphatic carbocycles. The van der Waals surface area contributed by atoms with Crippen LogP contribution < -0.4 is 30.7 Å². The van der Waals surface area contributed by atoms with Gasteiger partial charge in [0.2, 0.25) is 35.1 Å². The van der Waals surface area contributed by atoms with Gasteiger partial charge in [0.15, 0.2) is 46.3 Å². The summed E-state index contributed by atoms with van der Waals surface area (Å²) in [6.45, 7) is 2.80. The topological polar surface area (TPSA) is 273 Å². The molecule has 2 aromatic carbocycles. The SMILES string of the molecule is CC(C)(C)OC(=O)C[C@H](NC(=O)C1CCN(C(=O)C(=O)NC2CCCC2)CC1)C(=O)COc1c(F)c(F)cc(F)c1F.O=C(O)C[C@H](NC(=O)C1CCN(C(=O)C(=O)NC2CCCC2)CC1)C(=O)COc1c(F)c(F)cc(F)c1F.S.S. The van der Waals surface area contributed by atoms with Crippen molar-refractivity contribution in [2.75, 3.05) is 39.4 Å². The van der Waals surface area contributed by atoms with Gasteiger partial charge in [-0.05, 0) is 72.1 Å². The van der Waals surface area contributed by atoms with Crippen molar-refractivity contribution in [3.63, 3.8) is 0 Å². The quantitative estimate of drug-likeness (QED) is 0.0600. The van der Waals surface area contributed by atoms with Gasteiger partial charge < -0.3 is 50.4 Å². The second-order valence-electron chi connectivity index (χ2n) is 20.7. The first-order valence-electron chi connectivity index (χ1n) is 25.8. The number of carbonyl (C=O) groups excluding carboxylic acids is 9. The van der Waals surface area contributed by atoms with Crippen LogP contribution in [-0.2, 0) is 52.7 Å². The number of likely N-dealkylation sites (tertiary alicyclic amines) is 2. The minimum absolute atomic E-state index is 0. The maximum atomic E-state index is 14.0. The predicted octanol–water partition coefficient (Wildman–Crippen LogP) is 4.38. The molecule has 2 atom stereocenters. The Morgan fingerprint density at radius 3 is 1.16 bits per heavy atom. The molecule has 2 aliphatic heterocycles. The van der Waals surface area contributed by atoms with Crippen LogP contribution in [0.15, 0.2) is 12.1 Å². The van der Waals surface area contributed by atoms with E-state index in [0.29, 0.717) is 0 Å². The summed E-state index contributed by atoms with van der Waals surface area (Å²) in [4.78, 5) is 127. The standard InChI is InChI=1S/C28H35F4N3O7.C24H27F4N3O7.2H2S/c1-28(2,3)42-21(37)13-19(20(36)14-41-24-22(31)17(29)12-18(30)23(24)32)34-25(38)15-8-10-35(11-9-15)27(40)26(39)33-16-6-4-5-7-16;25-14-9-15(26)20(28)21(19(14)27)38-11-17(32)16(10-18(33)34)30-22(35)12-5-7-31(8-6-12)24(37)23(36)29-13-3-1-2-4-13;;/h12,15-16,19H,4-11,13-14H2,1-3H3,(H,33,39)(H,34,38);9,12-13,16H,1-8,10-11H2,(H,29,36)(H,30,35)(H,33,34);2*1H2/t19-;16-;;/m00../s1. The molecule has 6 amide bonds. The lowest BCUT2D eigenvalue weighted by molar-refractivity contribution is -0.156. The lowest BCUT2D eigenvalue weighted by atomic mass is 9.95. The van der Waals surface area contributed by atoms with E-state index in [1.165, 1.54) is 9.80 Å². The minimum Gasteiger partial charge on any atom is -0.481 e. The lowest BCUT2D eigenvalue weighted by Crippen LogP contribution is -2.51. The van der Waals surface area contributed by atoms with Gasteiger partial charge in [0.25, 0.3) is 0 Å². The van der Waals surface area contributed by atoms with Crippen LogP contribution in [0.2, 0.25) is 0 Å². The number of nitrogens with one attached hydrogen (secondary N) is 4. The van der Waals surface area contributed by atoms with Crippen LogP contribution in [-0.4, -0.2) is 143 Å². The van der Waals surface area contributed by atoms with Crippen molar-refractivity contribution in [2.45, 2.75) is 140 Å². The zero-order valence-electron chi connectivity index (χ0n) is 44.9. The first-order chi connectivity index (χ1) is 37.6. The van der Waals surface area contributed by atoms with Crippen molar-refractivity contribution in [2.24, 2.45) is 11.8 Å². The fraction of sp³-hybridized carbons (Fsp3) is 0.577. The van der Waals surface area contributed by atoms with Crippen molar-refractivity contribution < 1.29 is 102 Å². The van der Waals surface area contributed by atoms with E-state index in [0.717, 1.165) is 51.4 Å². The molecule has 0 radical (unpaired) electrons. The summed E-state index contributed by atoms with van der Waals surface area (Å²) in [6.07, 6.45) is 6.24. The number of benzene rings is 2. The Morgan fingerprint density at radius 1 is 0.537 bits per heavy atom. The highest BCUT2D eigenvalue weighted by Crippen LogP contribution is 2.29. The van der Waals surface area contributed by atoms with Crippen LogP contribution >= 0.6 is 27.0 Å². The van der Waals surface area contributed by atoms with Gasteiger partial charge in [-0.25, -0.2) is 17.6 Å². The van der Waals surface area contributed by atoms with Crippen LogP contribution in [0.1, 0.15) is 111 Å². The average molecular weight is 1220 g/mol. The van der Waals surface area contributed by atoms with Gasteiger partial charge in [0.05, 0.1) is 12.8 Å². The molecule has 30 heteroatoms. The molecule has 0 spiro atoms. The van der Waals surface area contributed by atoms with Gasteiger partial charge in [-0.1, -0.05) is 25.7 Å². The highest BCUT2D eigenvalue weighted by atomic mass is 32.1. The Labute approximate surface area is 479 Å².